The molecule has 1 nitrogen and oxygen atoms in total. The maximum atomic E-state index is 4.25. The van der Waals surface area contributed by atoms with Gasteiger partial charge in [-0.1, -0.05) is 29.8 Å². The first-order valence-electron chi connectivity index (χ1n) is 3.79. The number of aromatic nitrogens is 1. The Balaban J connectivity index is 2.71. The number of nitrogens with zero attached hydrogens (tertiary/aromatic N) is 1. The Morgan fingerprint density at radius 3 is 2.82 bits per heavy atom. The van der Waals surface area contributed by atoms with Crippen LogP contribution in [-0.2, 0) is 6.42 Å². The van der Waals surface area contributed by atoms with Crippen LogP contribution in [0.25, 0.3) is 0 Å². The standard InChI is InChI=1S/C9H12BrN/c1-7(2)5-9-6-8(10)3-4-11-9/h3-4,6-7H,5H2,1-2H3. The van der Waals surface area contributed by atoms with Crippen molar-refractivity contribution >= 4 is 15.9 Å². The molecule has 0 fully saturated rings. The van der Waals surface area contributed by atoms with Gasteiger partial charge in [-0.05, 0) is 24.5 Å². The summed E-state index contributed by atoms with van der Waals surface area (Å²) in [5, 5.41) is 0. The number of halogens is 1. The summed E-state index contributed by atoms with van der Waals surface area (Å²) in [6.45, 7) is 4.39. The third-order valence-corrected chi connectivity index (χ3v) is 1.89. The largest absolute Gasteiger partial charge is 0.261 e. The van der Waals surface area contributed by atoms with Crippen LogP contribution in [0.1, 0.15) is 19.5 Å². The summed E-state index contributed by atoms with van der Waals surface area (Å²) >= 11 is 3.41. The van der Waals surface area contributed by atoms with E-state index in [4.69, 9.17) is 0 Å². The van der Waals surface area contributed by atoms with Gasteiger partial charge >= 0.3 is 0 Å². The molecule has 0 unspecified atom stereocenters. The number of hydrogen-bond acceptors (Lipinski definition) is 1. The van der Waals surface area contributed by atoms with Gasteiger partial charge in [0, 0.05) is 16.4 Å². The molecule has 0 saturated heterocycles. The van der Waals surface area contributed by atoms with Gasteiger partial charge in [0.25, 0.3) is 0 Å². The molecule has 0 bridgehead atoms. The number of rotatable bonds is 2. The maximum absolute atomic E-state index is 4.25. The average molecular weight is 214 g/mol. The van der Waals surface area contributed by atoms with Crippen LogP contribution in [0.15, 0.2) is 22.8 Å². The molecule has 0 aromatic carbocycles. The number of pyridine rings is 1. The van der Waals surface area contributed by atoms with Gasteiger partial charge in [-0.25, -0.2) is 0 Å². The fraction of sp³-hybridized carbons (Fsp3) is 0.444. The Labute approximate surface area is 76.0 Å². The van der Waals surface area contributed by atoms with Gasteiger partial charge in [0.1, 0.15) is 0 Å². The monoisotopic (exact) mass is 213 g/mol. The molecule has 0 aliphatic heterocycles. The highest BCUT2D eigenvalue weighted by Crippen LogP contribution is 2.11. The lowest BCUT2D eigenvalue weighted by molar-refractivity contribution is 0.635. The summed E-state index contributed by atoms with van der Waals surface area (Å²) in [5.74, 6) is 0.678. The van der Waals surface area contributed by atoms with Crippen molar-refractivity contribution < 1.29 is 0 Å². The first-order chi connectivity index (χ1) is 5.18. The summed E-state index contributed by atoms with van der Waals surface area (Å²) in [5.41, 5.74) is 1.16. The lowest BCUT2D eigenvalue weighted by Gasteiger charge is -2.02. The zero-order valence-electron chi connectivity index (χ0n) is 6.84. The molecule has 1 aromatic rings. The summed E-state index contributed by atoms with van der Waals surface area (Å²) < 4.78 is 1.11. The van der Waals surface area contributed by atoms with Crippen molar-refractivity contribution in [1.82, 2.24) is 4.98 Å². The second-order valence-electron chi connectivity index (χ2n) is 3.06. The van der Waals surface area contributed by atoms with Crippen LogP contribution < -0.4 is 0 Å². The van der Waals surface area contributed by atoms with E-state index in [-0.39, 0.29) is 0 Å². The van der Waals surface area contributed by atoms with Crippen molar-refractivity contribution in [2.45, 2.75) is 20.3 Å². The molecular weight excluding hydrogens is 202 g/mol. The Bertz CT molecular complexity index is 233. The Hall–Kier alpha value is -0.370. The van der Waals surface area contributed by atoms with E-state index in [1.165, 1.54) is 0 Å². The molecular formula is C9H12BrN. The van der Waals surface area contributed by atoms with Crippen molar-refractivity contribution in [2.75, 3.05) is 0 Å². The molecule has 0 aliphatic carbocycles. The minimum absolute atomic E-state index is 0.678. The van der Waals surface area contributed by atoms with Gasteiger partial charge < -0.3 is 0 Å². The Kier molecular flexibility index (Phi) is 3.06. The SMILES string of the molecule is CC(C)Cc1cc(Br)ccn1. The highest BCUT2D eigenvalue weighted by Gasteiger charge is 1.98. The zero-order chi connectivity index (χ0) is 8.27. The van der Waals surface area contributed by atoms with E-state index in [2.05, 4.69) is 40.8 Å². The predicted octanol–water partition coefficient (Wildman–Crippen LogP) is 3.04. The molecule has 0 saturated carbocycles. The van der Waals surface area contributed by atoms with E-state index in [9.17, 15) is 0 Å². The minimum atomic E-state index is 0.678. The van der Waals surface area contributed by atoms with Gasteiger partial charge in [-0.2, -0.15) is 0 Å². The van der Waals surface area contributed by atoms with E-state index in [1.807, 2.05) is 12.3 Å². The molecule has 0 spiro atoms. The topological polar surface area (TPSA) is 12.9 Å². The van der Waals surface area contributed by atoms with Crippen molar-refractivity contribution in [3.05, 3.63) is 28.5 Å². The molecule has 0 radical (unpaired) electrons. The predicted molar refractivity (Wildman–Crippen MR) is 50.5 cm³/mol. The highest BCUT2D eigenvalue weighted by atomic mass is 79.9. The first-order valence-corrected chi connectivity index (χ1v) is 4.58. The van der Waals surface area contributed by atoms with Crippen LogP contribution in [-0.4, -0.2) is 4.98 Å². The summed E-state index contributed by atoms with van der Waals surface area (Å²) in [6, 6.07) is 4.02. The van der Waals surface area contributed by atoms with Crippen molar-refractivity contribution in [3.63, 3.8) is 0 Å². The minimum Gasteiger partial charge on any atom is -0.261 e. The van der Waals surface area contributed by atoms with Gasteiger partial charge in [0.2, 0.25) is 0 Å². The highest BCUT2D eigenvalue weighted by molar-refractivity contribution is 9.10. The molecule has 1 rings (SSSR count). The summed E-state index contributed by atoms with van der Waals surface area (Å²) in [7, 11) is 0. The smallest absolute Gasteiger partial charge is 0.0417 e. The van der Waals surface area contributed by atoms with E-state index in [0.29, 0.717) is 5.92 Å². The van der Waals surface area contributed by atoms with Gasteiger partial charge in [0.15, 0.2) is 0 Å². The third kappa shape index (κ3) is 3.02. The normalized spacial score (nSPS) is 10.5. The van der Waals surface area contributed by atoms with Crippen LogP contribution in [0.4, 0.5) is 0 Å². The van der Waals surface area contributed by atoms with Crippen LogP contribution in [0.3, 0.4) is 0 Å². The molecule has 1 heterocycles. The lowest BCUT2D eigenvalue weighted by atomic mass is 10.1. The summed E-state index contributed by atoms with van der Waals surface area (Å²) in [6.07, 6.45) is 2.89. The van der Waals surface area contributed by atoms with E-state index < -0.39 is 0 Å². The summed E-state index contributed by atoms with van der Waals surface area (Å²) in [4.78, 5) is 4.25. The molecule has 0 aliphatic rings. The molecule has 60 valence electrons. The molecule has 0 atom stereocenters. The molecule has 1 aromatic heterocycles. The first kappa shape index (κ1) is 8.72. The van der Waals surface area contributed by atoms with E-state index in [0.717, 1.165) is 16.6 Å². The fourth-order valence-corrected chi connectivity index (χ4v) is 1.36. The van der Waals surface area contributed by atoms with Crippen LogP contribution in [0.2, 0.25) is 0 Å². The van der Waals surface area contributed by atoms with Crippen molar-refractivity contribution in [2.24, 2.45) is 5.92 Å². The number of hydrogen-bond donors (Lipinski definition) is 0. The quantitative estimate of drug-likeness (QED) is 0.737. The Morgan fingerprint density at radius 1 is 1.55 bits per heavy atom. The molecule has 2 heteroatoms. The third-order valence-electron chi connectivity index (χ3n) is 1.40. The van der Waals surface area contributed by atoms with Gasteiger partial charge in [0.05, 0.1) is 0 Å². The maximum Gasteiger partial charge on any atom is 0.0417 e. The zero-order valence-corrected chi connectivity index (χ0v) is 8.43. The Morgan fingerprint density at radius 2 is 2.27 bits per heavy atom. The van der Waals surface area contributed by atoms with Gasteiger partial charge in [-0.15, -0.1) is 0 Å². The van der Waals surface area contributed by atoms with Crippen molar-refractivity contribution in [3.8, 4) is 0 Å². The van der Waals surface area contributed by atoms with Crippen LogP contribution >= 0.6 is 15.9 Å². The lowest BCUT2D eigenvalue weighted by Crippen LogP contribution is -1.96. The second kappa shape index (κ2) is 3.86. The molecule has 0 amide bonds. The molecule has 0 N–H and O–H groups in total. The average Bonchev–Trinajstić information content (AvgIpc) is 1.85. The molecule has 11 heavy (non-hydrogen) atoms. The van der Waals surface area contributed by atoms with Gasteiger partial charge in [-0.3, -0.25) is 4.98 Å². The van der Waals surface area contributed by atoms with E-state index >= 15 is 0 Å². The van der Waals surface area contributed by atoms with Crippen LogP contribution in [0.5, 0.6) is 0 Å². The fourth-order valence-electron chi connectivity index (χ4n) is 0.979. The van der Waals surface area contributed by atoms with E-state index in [1.54, 1.807) is 0 Å². The second-order valence-corrected chi connectivity index (χ2v) is 3.98. The van der Waals surface area contributed by atoms with Crippen LogP contribution in [0, 0.1) is 5.92 Å². The van der Waals surface area contributed by atoms with Crippen molar-refractivity contribution in [1.29, 1.82) is 0 Å².